The van der Waals surface area contributed by atoms with E-state index < -0.39 is 0 Å². The third kappa shape index (κ3) is 1.69. The molecule has 0 N–H and O–H groups in total. The summed E-state index contributed by atoms with van der Waals surface area (Å²) in [5.41, 5.74) is 0. The zero-order chi connectivity index (χ0) is 9.80. The number of furan rings is 1. The van der Waals surface area contributed by atoms with E-state index in [4.69, 9.17) is 14.4 Å². The number of fused-ring (bicyclic) bond motifs is 1. The van der Waals surface area contributed by atoms with Crippen LogP contribution in [0.3, 0.4) is 0 Å². The monoisotopic (exact) mass is 187 g/mol. The minimum absolute atomic E-state index is 0.406. The van der Waals surface area contributed by atoms with Gasteiger partial charge in [0.25, 0.3) is 0 Å². The number of nitrogens with zero attached hydrogens (tertiary/aromatic N) is 1. The Morgan fingerprint density at radius 2 is 2.14 bits per heavy atom. The van der Waals surface area contributed by atoms with E-state index in [2.05, 4.69) is 0 Å². The highest BCUT2D eigenvalue weighted by Crippen LogP contribution is 2.21. The van der Waals surface area contributed by atoms with Crippen molar-refractivity contribution in [3.05, 3.63) is 30.7 Å². The largest absolute Gasteiger partial charge is 0.493 e. The Bertz CT molecular complexity index is 467. The van der Waals surface area contributed by atoms with E-state index >= 15 is 0 Å². The van der Waals surface area contributed by atoms with E-state index in [1.807, 2.05) is 24.3 Å². The highest BCUT2D eigenvalue weighted by Gasteiger charge is 1.98. The second kappa shape index (κ2) is 3.84. The third-order valence-electron chi connectivity index (χ3n) is 1.93. The fourth-order valence-corrected chi connectivity index (χ4v) is 1.25. The highest BCUT2D eigenvalue weighted by molar-refractivity contribution is 5.82. The van der Waals surface area contributed by atoms with E-state index in [1.165, 1.54) is 0 Å². The first-order valence-corrected chi connectivity index (χ1v) is 4.36. The summed E-state index contributed by atoms with van der Waals surface area (Å²) in [4.78, 5) is 0. The van der Waals surface area contributed by atoms with Crippen LogP contribution in [0.4, 0.5) is 0 Å². The van der Waals surface area contributed by atoms with Gasteiger partial charge in [0.1, 0.15) is 12.4 Å². The first-order valence-electron chi connectivity index (χ1n) is 4.36. The molecule has 0 amide bonds. The third-order valence-corrected chi connectivity index (χ3v) is 1.93. The molecule has 0 fully saturated rings. The SMILES string of the molecule is N#CCCOc1ccc2cocc2c1. The van der Waals surface area contributed by atoms with Gasteiger partial charge < -0.3 is 9.15 Å². The molecule has 1 heterocycles. The van der Waals surface area contributed by atoms with Crippen LogP contribution in [-0.4, -0.2) is 6.61 Å². The number of rotatable bonds is 3. The van der Waals surface area contributed by atoms with Crippen molar-refractivity contribution in [3.8, 4) is 11.8 Å². The number of nitriles is 1. The molecule has 2 rings (SSSR count). The van der Waals surface area contributed by atoms with Crippen molar-refractivity contribution in [2.45, 2.75) is 6.42 Å². The maximum Gasteiger partial charge on any atom is 0.120 e. The van der Waals surface area contributed by atoms with Crippen LogP contribution < -0.4 is 4.74 Å². The van der Waals surface area contributed by atoms with Crippen molar-refractivity contribution < 1.29 is 9.15 Å². The van der Waals surface area contributed by atoms with Crippen LogP contribution >= 0.6 is 0 Å². The van der Waals surface area contributed by atoms with Gasteiger partial charge in [-0.3, -0.25) is 0 Å². The smallest absolute Gasteiger partial charge is 0.120 e. The molecule has 0 saturated carbocycles. The molecule has 14 heavy (non-hydrogen) atoms. The molecule has 3 heteroatoms. The fraction of sp³-hybridized carbons (Fsp3) is 0.182. The Labute approximate surface area is 81.5 Å². The lowest BCUT2D eigenvalue weighted by Gasteiger charge is -2.02. The van der Waals surface area contributed by atoms with E-state index in [1.54, 1.807) is 12.5 Å². The molecule has 3 nitrogen and oxygen atoms in total. The number of benzene rings is 1. The lowest BCUT2D eigenvalue weighted by atomic mass is 10.2. The van der Waals surface area contributed by atoms with Crippen molar-refractivity contribution in [1.82, 2.24) is 0 Å². The Morgan fingerprint density at radius 3 is 3.00 bits per heavy atom. The van der Waals surface area contributed by atoms with E-state index in [9.17, 15) is 0 Å². The lowest BCUT2D eigenvalue weighted by Crippen LogP contribution is -1.94. The number of ether oxygens (including phenoxy) is 1. The van der Waals surface area contributed by atoms with Crippen molar-refractivity contribution >= 4 is 10.8 Å². The van der Waals surface area contributed by atoms with E-state index in [0.29, 0.717) is 13.0 Å². The molecule has 0 spiro atoms. The summed E-state index contributed by atoms with van der Waals surface area (Å²) >= 11 is 0. The van der Waals surface area contributed by atoms with Gasteiger partial charge in [0, 0.05) is 10.8 Å². The Morgan fingerprint density at radius 1 is 1.29 bits per heavy atom. The molecule has 0 aliphatic rings. The normalized spacial score (nSPS) is 9.93. The molecule has 1 aromatic heterocycles. The van der Waals surface area contributed by atoms with Gasteiger partial charge in [-0.2, -0.15) is 5.26 Å². The molecule has 0 aliphatic carbocycles. The summed E-state index contributed by atoms with van der Waals surface area (Å²) in [6, 6.07) is 7.73. The zero-order valence-electron chi connectivity index (χ0n) is 7.56. The van der Waals surface area contributed by atoms with Crippen LogP contribution in [-0.2, 0) is 0 Å². The zero-order valence-corrected chi connectivity index (χ0v) is 7.56. The van der Waals surface area contributed by atoms with E-state index in [-0.39, 0.29) is 0 Å². The van der Waals surface area contributed by atoms with Crippen molar-refractivity contribution in [3.63, 3.8) is 0 Å². The van der Waals surface area contributed by atoms with Crippen molar-refractivity contribution in [1.29, 1.82) is 5.26 Å². The summed E-state index contributed by atoms with van der Waals surface area (Å²) in [6.45, 7) is 0.430. The topological polar surface area (TPSA) is 46.2 Å². The molecule has 0 bridgehead atoms. The van der Waals surface area contributed by atoms with Crippen molar-refractivity contribution in [2.75, 3.05) is 6.61 Å². The van der Waals surface area contributed by atoms with Crippen LogP contribution in [0.25, 0.3) is 10.8 Å². The maximum atomic E-state index is 8.34. The van der Waals surface area contributed by atoms with Crippen LogP contribution in [0.15, 0.2) is 35.1 Å². The number of hydrogen-bond acceptors (Lipinski definition) is 3. The van der Waals surface area contributed by atoms with E-state index in [0.717, 1.165) is 16.5 Å². The van der Waals surface area contributed by atoms with Gasteiger partial charge in [-0.1, -0.05) is 0 Å². The molecule has 2 aromatic rings. The highest BCUT2D eigenvalue weighted by atomic mass is 16.5. The second-order valence-electron chi connectivity index (χ2n) is 2.92. The van der Waals surface area contributed by atoms with Gasteiger partial charge in [0.05, 0.1) is 25.0 Å². The molecule has 70 valence electrons. The fourth-order valence-electron chi connectivity index (χ4n) is 1.25. The average Bonchev–Trinajstić information content (AvgIpc) is 2.65. The molecular formula is C11H9NO2. The average molecular weight is 187 g/mol. The standard InChI is InChI=1S/C11H9NO2/c12-4-1-5-14-11-3-2-9-7-13-8-10(9)6-11/h2-3,6-8H,1,5H2. The van der Waals surface area contributed by atoms with Crippen LogP contribution in [0.2, 0.25) is 0 Å². The lowest BCUT2D eigenvalue weighted by molar-refractivity contribution is 0.327. The molecule has 0 atom stereocenters. The maximum absolute atomic E-state index is 8.34. The van der Waals surface area contributed by atoms with Crippen LogP contribution in [0, 0.1) is 11.3 Å². The first kappa shape index (κ1) is 8.64. The summed E-state index contributed by atoms with van der Waals surface area (Å²) in [6.07, 6.45) is 3.77. The predicted molar refractivity (Wildman–Crippen MR) is 51.9 cm³/mol. The summed E-state index contributed by atoms with van der Waals surface area (Å²) < 4.78 is 10.4. The Kier molecular flexibility index (Phi) is 2.37. The quantitative estimate of drug-likeness (QED) is 0.694. The van der Waals surface area contributed by atoms with Gasteiger partial charge >= 0.3 is 0 Å². The summed E-state index contributed by atoms with van der Waals surface area (Å²) in [7, 11) is 0. The Balaban J connectivity index is 2.14. The summed E-state index contributed by atoms with van der Waals surface area (Å²) in [5, 5.41) is 10.4. The van der Waals surface area contributed by atoms with Gasteiger partial charge in [-0.05, 0) is 18.2 Å². The minimum Gasteiger partial charge on any atom is -0.493 e. The van der Waals surface area contributed by atoms with Gasteiger partial charge in [-0.15, -0.1) is 0 Å². The molecular weight excluding hydrogens is 178 g/mol. The molecule has 1 aromatic carbocycles. The van der Waals surface area contributed by atoms with Crippen molar-refractivity contribution in [2.24, 2.45) is 0 Å². The molecule has 0 aliphatic heterocycles. The summed E-state index contributed by atoms with van der Waals surface area (Å²) in [5.74, 6) is 0.772. The first-order chi connectivity index (χ1) is 6.90. The van der Waals surface area contributed by atoms with Crippen LogP contribution in [0.5, 0.6) is 5.75 Å². The number of hydrogen-bond donors (Lipinski definition) is 0. The Hall–Kier alpha value is -1.95. The van der Waals surface area contributed by atoms with Crippen LogP contribution in [0.1, 0.15) is 6.42 Å². The second-order valence-corrected chi connectivity index (χ2v) is 2.92. The molecule has 0 unspecified atom stereocenters. The van der Waals surface area contributed by atoms with Gasteiger partial charge in [0.15, 0.2) is 0 Å². The minimum atomic E-state index is 0.406. The predicted octanol–water partition coefficient (Wildman–Crippen LogP) is 2.73. The molecule has 0 radical (unpaired) electrons. The van der Waals surface area contributed by atoms with Gasteiger partial charge in [0.2, 0.25) is 0 Å². The van der Waals surface area contributed by atoms with Gasteiger partial charge in [-0.25, -0.2) is 0 Å². The molecule has 0 saturated heterocycles.